The summed E-state index contributed by atoms with van der Waals surface area (Å²) < 4.78 is 28.7. The second-order valence-electron chi connectivity index (χ2n) is 7.02. The molecule has 0 aliphatic carbocycles. The number of methoxy groups -OCH3 is 1. The summed E-state index contributed by atoms with van der Waals surface area (Å²) in [6.07, 6.45) is -0.115. The molecule has 0 saturated carbocycles. The van der Waals surface area contributed by atoms with Crippen LogP contribution in [-0.4, -0.2) is 27.6 Å². The molecule has 3 aromatic rings. The Hall–Kier alpha value is -3.15. The van der Waals surface area contributed by atoms with Crippen molar-refractivity contribution in [3.8, 4) is 11.5 Å². The first-order valence-electron chi connectivity index (χ1n) is 9.93. The van der Waals surface area contributed by atoms with Gasteiger partial charge >= 0.3 is 7.12 Å². The second-order valence-corrected chi connectivity index (χ2v) is 7.02. The third kappa shape index (κ3) is 5.32. The second kappa shape index (κ2) is 10.2. The molecule has 0 N–H and O–H groups in total. The Kier molecular flexibility index (Phi) is 6.98. The molecule has 31 heavy (non-hydrogen) atoms. The highest BCUT2D eigenvalue weighted by Gasteiger charge is 2.35. The van der Waals surface area contributed by atoms with E-state index in [0.29, 0.717) is 30.4 Å². The van der Waals surface area contributed by atoms with E-state index >= 15 is 0 Å². The minimum absolute atomic E-state index is 0.115. The van der Waals surface area contributed by atoms with Gasteiger partial charge in [-0.2, -0.15) is 0 Å². The minimum atomic E-state index is -0.488. The lowest BCUT2D eigenvalue weighted by Crippen LogP contribution is -2.35. The lowest BCUT2D eigenvalue weighted by molar-refractivity contribution is -0.0389. The molecular formula is C24H22BNO5. The zero-order valence-electron chi connectivity index (χ0n) is 17.2. The number of nitrogens with zero attached hydrogens (tertiary/aromatic N) is 1. The standard InChI is InChI=1S/C24H22BNO5/c1-26-20-8-10-21(11-9-20)30-22-12-13-23(19(14-22)15-28-17-27-2)25-29-16-24(31-25)18-6-4-3-5-7-18/h3-14,24H,15-17H2,2H3. The van der Waals surface area contributed by atoms with Gasteiger partial charge in [0.25, 0.3) is 0 Å². The van der Waals surface area contributed by atoms with Crippen LogP contribution in [0.1, 0.15) is 17.2 Å². The Labute approximate surface area is 182 Å². The van der Waals surface area contributed by atoms with Crippen molar-refractivity contribution in [3.05, 3.63) is 95.3 Å². The zero-order valence-corrected chi connectivity index (χ0v) is 17.2. The van der Waals surface area contributed by atoms with Gasteiger partial charge in [0.2, 0.25) is 0 Å². The molecule has 1 atom stereocenters. The highest BCUT2D eigenvalue weighted by molar-refractivity contribution is 6.62. The molecule has 0 spiro atoms. The molecular weight excluding hydrogens is 393 g/mol. The maximum absolute atomic E-state index is 7.05. The Bertz CT molecular complexity index is 1040. The zero-order chi connectivity index (χ0) is 21.5. The number of hydrogen-bond acceptors (Lipinski definition) is 5. The Morgan fingerprint density at radius 1 is 1.03 bits per heavy atom. The smallest absolute Gasteiger partial charge is 0.457 e. The first kappa shape index (κ1) is 21.1. The fourth-order valence-electron chi connectivity index (χ4n) is 3.37. The quantitative estimate of drug-likeness (QED) is 0.232. The molecule has 0 amide bonds. The van der Waals surface area contributed by atoms with E-state index in [1.807, 2.05) is 48.5 Å². The summed E-state index contributed by atoms with van der Waals surface area (Å²) >= 11 is 0. The van der Waals surface area contributed by atoms with Crippen molar-refractivity contribution in [2.45, 2.75) is 12.7 Å². The van der Waals surface area contributed by atoms with Crippen molar-refractivity contribution in [2.75, 3.05) is 20.5 Å². The summed E-state index contributed by atoms with van der Waals surface area (Å²) in [5.74, 6) is 1.31. The lowest BCUT2D eigenvalue weighted by Gasteiger charge is -2.15. The van der Waals surface area contributed by atoms with Crippen LogP contribution in [0.25, 0.3) is 4.85 Å². The van der Waals surface area contributed by atoms with Crippen LogP contribution in [0, 0.1) is 6.57 Å². The Balaban J connectivity index is 1.53. The molecule has 1 aliphatic heterocycles. The number of benzene rings is 3. The van der Waals surface area contributed by atoms with Crippen LogP contribution < -0.4 is 10.2 Å². The van der Waals surface area contributed by atoms with E-state index in [1.54, 1.807) is 31.4 Å². The molecule has 0 radical (unpaired) electrons. The lowest BCUT2D eigenvalue weighted by atomic mass is 9.76. The first-order valence-corrected chi connectivity index (χ1v) is 9.93. The predicted molar refractivity (Wildman–Crippen MR) is 117 cm³/mol. The number of hydrogen-bond donors (Lipinski definition) is 0. The van der Waals surface area contributed by atoms with Crippen molar-refractivity contribution < 1.29 is 23.5 Å². The van der Waals surface area contributed by atoms with Crippen molar-refractivity contribution in [1.82, 2.24) is 0 Å². The first-order chi connectivity index (χ1) is 15.3. The van der Waals surface area contributed by atoms with Gasteiger partial charge in [0.05, 0.1) is 25.9 Å². The molecule has 0 aromatic heterocycles. The van der Waals surface area contributed by atoms with Gasteiger partial charge in [0, 0.05) is 7.11 Å². The third-order valence-electron chi connectivity index (χ3n) is 4.89. The van der Waals surface area contributed by atoms with E-state index in [-0.39, 0.29) is 12.9 Å². The topological polar surface area (TPSA) is 50.5 Å². The van der Waals surface area contributed by atoms with Crippen LogP contribution in [0.2, 0.25) is 0 Å². The van der Waals surface area contributed by atoms with Crippen LogP contribution in [0.3, 0.4) is 0 Å². The van der Waals surface area contributed by atoms with Gasteiger partial charge < -0.3 is 23.5 Å². The number of ether oxygens (including phenoxy) is 3. The average molecular weight is 415 g/mol. The Morgan fingerprint density at radius 3 is 2.55 bits per heavy atom. The normalized spacial score (nSPS) is 15.6. The van der Waals surface area contributed by atoms with Crippen molar-refractivity contribution >= 4 is 18.3 Å². The highest BCUT2D eigenvalue weighted by atomic mass is 16.7. The summed E-state index contributed by atoms with van der Waals surface area (Å²) in [6, 6.07) is 22.8. The molecule has 1 unspecified atom stereocenters. The third-order valence-corrected chi connectivity index (χ3v) is 4.89. The van der Waals surface area contributed by atoms with Crippen LogP contribution >= 0.6 is 0 Å². The minimum Gasteiger partial charge on any atom is -0.457 e. The van der Waals surface area contributed by atoms with E-state index in [2.05, 4.69) is 4.85 Å². The van der Waals surface area contributed by atoms with E-state index in [4.69, 9.17) is 30.1 Å². The van der Waals surface area contributed by atoms with E-state index < -0.39 is 7.12 Å². The van der Waals surface area contributed by atoms with Gasteiger partial charge in [0.15, 0.2) is 5.69 Å². The fourth-order valence-corrected chi connectivity index (χ4v) is 3.37. The molecule has 1 fully saturated rings. The summed E-state index contributed by atoms with van der Waals surface area (Å²) in [4.78, 5) is 3.40. The van der Waals surface area contributed by atoms with Gasteiger partial charge in [0.1, 0.15) is 18.3 Å². The van der Waals surface area contributed by atoms with E-state index in [0.717, 1.165) is 16.6 Å². The fraction of sp³-hybridized carbons (Fsp3) is 0.208. The maximum Gasteiger partial charge on any atom is 0.494 e. The van der Waals surface area contributed by atoms with Gasteiger partial charge in [-0.25, -0.2) is 4.85 Å². The molecule has 6 nitrogen and oxygen atoms in total. The Morgan fingerprint density at radius 2 is 1.81 bits per heavy atom. The van der Waals surface area contributed by atoms with Gasteiger partial charge in [-0.1, -0.05) is 48.5 Å². The molecule has 1 aliphatic rings. The molecule has 3 aromatic carbocycles. The van der Waals surface area contributed by atoms with Crippen LogP contribution in [0.4, 0.5) is 5.69 Å². The van der Waals surface area contributed by atoms with Crippen LogP contribution in [-0.2, 0) is 25.4 Å². The molecule has 1 saturated heterocycles. The summed E-state index contributed by atoms with van der Waals surface area (Å²) in [6.45, 7) is 8.05. The average Bonchev–Trinajstić information content (AvgIpc) is 3.31. The van der Waals surface area contributed by atoms with Crippen molar-refractivity contribution in [3.63, 3.8) is 0 Å². The summed E-state index contributed by atoms with van der Waals surface area (Å²) in [7, 11) is 1.10. The molecule has 4 rings (SSSR count). The van der Waals surface area contributed by atoms with Gasteiger partial charge in [-0.15, -0.1) is 0 Å². The number of rotatable bonds is 8. The van der Waals surface area contributed by atoms with Crippen LogP contribution in [0.15, 0.2) is 72.8 Å². The summed E-state index contributed by atoms with van der Waals surface area (Å²) in [5.41, 5.74) is 3.45. The van der Waals surface area contributed by atoms with Gasteiger partial charge in [-0.05, 0) is 40.9 Å². The highest BCUT2D eigenvalue weighted by Crippen LogP contribution is 2.28. The van der Waals surface area contributed by atoms with Crippen molar-refractivity contribution in [2.24, 2.45) is 0 Å². The van der Waals surface area contributed by atoms with E-state index in [9.17, 15) is 0 Å². The largest absolute Gasteiger partial charge is 0.494 e. The molecule has 7 heteroatoms. The predicted octanol–water partition coefficient (Wildman–Crippen LogP) is 4.63. The summed E-state index contributed by atoms with van der Waals surface area (Å²) in [5, 5.41) is 0. The molecule has 1 heterocycles. The monoisotopic (exact) mass is 415 g/mol. The maximum atomic E-state index is 7.05. The molecule has 0 bridgehead atoms. The van der Waals surface area contributed by atoms with E-state index in [1.165, 1.54) is 0 Å². The van der Waals surface area contributed by atoms with Crippen molar-refractivity contribution in [1.29, 1.82) is 0 Å². The SMILES string of the molecule is [C-]#[N+]c1ccc(Oc2ccc(B3OCC(c4ccccc4)O3)c(COCOC)c2)cc1. The van der Waals surface area contributed by atoms with Gasteiger partial charge in [-0.3, -0.25) is 0 Å². The molecule has 156 valence electrons. The van der Waals surface area contributed by atoms with Crippen LogP contribution in [0.5, 0.6) is 11.5 Å².